The summed E-state index contributed by atoms with van der Waals surface area (Å²) in [6.07, 6.45) is 1.27. The molecule has 2 atom stereocenters. The molecule has 2 unspecified atom stereocenters. The average molecular weight is 428 g/mol. The highest BCUT2D eigenvalue weighted by molar-refractivity contribution is 6.39. The molecule has 2 fully saturated rings. The summed E-state index contributed by atoms with van der Waals surface area (Å²) < 4.78 is 14.8. The van der Waals surface area contributed by atoms with E-state index in [1.807, 2.05) is 25.1 Å². The number of carbonyl (C=O) groups is 2. The van der Waals surface area contributed by atoms with Gasteiger partial charge in [0.15, 0.2) is 0 Å². The lowest BCUT2D eigenvalue weighted by Gasteiger charge is -2.43. The summed E-state index contributed by atoms with van der Waals surface area (Å²) in [6, 6.07) is 9.13. The van der Waals surface area contributed by atoms with Crippen LogP contribution in [0.25, 0.3) is 5.69 Å². The molecule has 9 nitrogen and oxygen atoms in total. The van der Waals surface area contributed by atoms with E-state index < -0.39 is 17.4 Å². The molecule has 0 radical (unpaired) electrons. The van der Waals surface area contributed by atoms with Gasteiger partial charge in [-0.3, -0.25) is 19.1 Å². The van der Waals surface area contributed by atoms with E-state index in [0.717, 1.165) is 6.42 Å². The van der Waals surface area contributed by atoms with Gasteiger partial charge in [0.1, 0.15) is 11.3 Å². The molecule has 0 bridgehead atoms. The number of ether oxygens (including phenoxy) is 2. The highest BCUT2D eigenvalue weighted by Gasteiger charge is 2.45. The molecule has 1 aromatic carbocycles. The van der Waals surface area contributed by atoms with Crippen LogP contribution in [0.15, 0.2) is 35.1 Å². The SMILES string of the molecule is CCC1CN(C(=O)C(=O)Nc2c(C)n(C)n(-c3ccccc3)c2=O)CC2(CCOC2)O1. The summed E-state index contributed by atoms with van der Waals surface area (Å²) in [7, 11) is 1.74. The van der Waals surface area contributed by atoms with Gasteiger partial charge in [-0.2, -0.15) is 0 Å². The maximum atomic E-state index is 13.0. The lowest BCUT2D eigenvalue weighted by atomic mass is 9.98. The second-order valence-electron chi connectivity index (χ2n) is 8.21. The lowest BCUT2D eigenvalue weighted by molar-refractivity contribution is -0.172. The first-order chi connectivity index (χ1) is 14.8. The minimum atomic E-state index is -0.822. The summed E-state index contributed by atoms with van der Waals surface area (Å²) in [5.41, 5.74) is 0.388. The number of hydrogen-bond acceptors (Lipinski definition) is 5. The highest BCUT2D eigenvalue weighted by Crippen LogP contribution is 2.31. The molecule has 2 aliphatic heterocycles. The van der Waals surface area contributed by atoms with Gasteiger partial charge >= 0.3 is 11.8 Å². The van der Waals surface area contributed by atoms with Crippen LogP contribution in [0.2, 0.25) is 0 Å². The predicted octanol–water partition coefficient (Wildman–Crippen LogP) is 1.22. The molecule has 0 aliphatic carbocycles. The second-order valence-corrected chi connectivity index (χ2v) is 8.21. The number of nitrogens with one attached hydrogen (secondary N) is 1. The molecule has 166 valence electrons. The Kier molecular flexibility index (Phi) is 5.72. The zero-order valence-corrected chi connectivity index (χ0v) is 18.1. The van der Waals surface area contributed by atoms with Crippen LogP contribution in [0.4, 0.5) is 5.69 Å². The van der Waals surface area contributed by atoms with Gasteiger partial charge in [-0.1, -0.05) is 25.1 Å². The molecule has 2 amide bonds. The van der Waals surface area contributed by atoms with E-state index in [-0.39, 0.29) is 17.4 Å². The van der Waals surface area contributed by atoms with Gasteiger partial charge in [0.05, 0.1) is 30.6 Å². The standard InChI is InChI=1S/C22H28N4O5/c1-4-17-12-25(13-22(31-17)10-11-30-14-22)21(29)19(27)23-18-15(2)24(3)26(20(18)28)16-8-6-5-7-9-16/h5-9,17H,4,10-14H2,1-3H3,(H,23,27). The van der Waals surface area contributed by atoms with Gasteiger partial charge in [-0.05, 0) is 25.5 Å². The fourth-order valence-corrected chi connectivity index (χ4v) is 4.28. The summed E-state index contributed by atoms with van der Waals surface area (Å²) >= 11 is 0. The van der Waals surface area contributed by atoms with Gasteiger partial charge < -0.3 is 19.7 Å². The summed E-state index contributed by atoms with van der Waals surface area (Å²) in [5, 5.41) is 2.56. The van der Waals surface area contributed by atoms with Gasteiger partial charge in [0.2, 0.25) is 0 Å². The molecule has 0 saturated carbocycles. The van der Waals surface area contributed by atoms with Crippen molar-refractivity contribution in [2.24, 2.45) is 7.05 Å². The molecular formula is C22H28N4O5. The number of aromatic nitrogens is 2. The van der Waals surface area contributed by atoms with Crippen LogP contribution in [0, 0.1) is 6.92 Å². The Morgan fingerprint density at radius 2 is 2.00 bits per heavy atom. The number of carbonyl (C=O) groups excluding carboxylic acids is 2. The smallest absolute Gasteiger partial charge is 0.314 e. The predicted molar refractivity (Wildman–Crippen MR) is 114 cm³/mol. The minimum Gasteiger partial charge on any atom is -0.378 e. The normalized spacial score (nSPS) is 23.3. The number of para-hydroxylation sites is 1. The van der Waals surface area contributed by atoms with Crippen molar-refractivity contribution in [2.45, 2.75) is 38.4 Å². The molecule has 2 saturated heterocycles. The molecule has 3 heterocycles. The van der Waals surface area contributed by atoms with Crippen LogP contribution in [0.5, 0.6) is 0 Å². The molecule has 1 spiro atoms. The Morgan fingerprint density at radius 3 is 2.65 bits per heavy atom. The zero-order chi connectivity index (χ0) is 22.2. The second kappa shape index (κ2) is 8.32. The Morgan fingerprint density at radius 1 is 1.26 bits per heavy atom. The van der Waals surface area contributed by atoms with Crippen LogP contribution >= 0.6 is 0 Å². The average Bonchev–Trinajstić information content (AvgIpc) is 3.31. The molecule has 1 N–H and O–H groups in total. The van der Waals surface area contributed by atoms with E-state index in [1.54, 1.807) is 30.8 Å². The van der Waals surface area contributed by atoms with E-state index in [0.29, 0.717) is 44.1 Å². The van der Waals surface area contributed by atoms with Crippen molar-refractivity contribution in [1.82, 2.24) is 14.3 Å². The van der Waals surface area contributed by atoms with Crippen molar-refractivity contribution in [2.75, 3.05) is 31.6 Å². The lowest BCUT2D eigenvalue weighted by Crippen LogP contribution is -2.59. The van der Waals surface area contributed by atoms with Crippen molar-refractivity contribution in [1.29, 1.82) is 0 Å². The number of hydrogen-bond donors (Lipinski definition) is 1. The molecule has 2 aliphatic rings. The number of anilines is 1. The first-order valence-corrected chi connectivity index (χ1v) is 10.5. The van der Waals surface area contributed by atoms with E-state index >= 15 is 0 Å². The van der Waals surface area contributed by atoms with Crippen molar-refractivity contribution >= 4 is 17.5 Å². The molecule has 9 heteroatoms. The fourth-order valence-electron chi connectivity index (χ4n) is 4.28. The van der Waals surface area contributed by atoms with Crippen LogP contribution in [-0.2, 0) is 26.1 Å². The maximum absolute atomic E-state index is 13.0. The van der Waals surface area contributed by atoms with Crippen LogP contribution in [0.1, 0.15) is 25.5 Å². The Bertz CT molecular complexity index is 1040. The molecular weight excluding hydrogens is 400 g/mol. The quantitative estimate of drug-likeness (QED) is 0.742. The van der Waals surface area contributed by atoms with Crippen molar-refractivity contribution in [3.63, 3.8) is 0 Å². The maximum Gasteiger partial charge on any atom is 0.314 e. The molecule has 2 aromatic rings. The first-order valence-electron chi connectivity index (χ1n) is 10.5. The summed E-state index contributed by atoms with van der Waals surface area (Å²) in [5.74, 6) is -1.49. The Balaban J connectivity index is 1.56. The van der Waals surface area contributed by atoms with Crippen molar-refractivity contribution < 1.29 is 19.1 Å². The summed E-state index contributed by atoms with van der Waals surface area (Å²) in [4.78, 5) is 40.4. The first kappa shape index (κ1) is 21.3. The van der Waals surface area contributed by atoms with Crippen molar-refractivity contribution in [3.8, 4) is 5.69 Å². The van der Waals surface area contributed by atoms with Gasteiger partial charge in [0, 0.05) is 26.6 Å². The Hall–Kier alpha value is -2.91. The topological polar surface area (TPSA) is 94.8 Å². The Labute approximate surface area is 180 Å². The van der Waals surface area contributed by atoms with E-state index in [9.17, 15) is 14.4 Å². The largest absolute Gasteiger partial charge is 0.378 e. The van der Waals surface area contributed by atoms with Gasteiger partial charge in [-0.15, -0.1) is 0 Å². The monoisotopic (exact) mass is 428 g/mol. The number of amides is 2. The number of rotatable bonds is 3. The number of morpholine rings is 1. The summed E-state index contributed by atoms with van der Waals surface area (Å²) in [6.45, 7) is 5.35. The molecule has 31 heavy (non-hydrogen) atoms. The van der Waals surface area contributed by atoms with E-state index in [4.69, 9.17) is 9.47 Å². The third-order valence-electron chi connectivity index (χ3n) is 6.12. The van der Waals surface area contributed by atoms with Crippen LogP contribution < -0.4 is 10.9 Å². The number of benzene rings is 1. The molecule has 4 rings (SSSR count). The van der Waals surface area contributed by atoms with Crippen molar-refractivity contribution in [3.05, 3.63) is 46.4 Å². The third kappa shape index (κ3) is 3.90. The molecule has 1 aromatic heterocycles. The minimum absolute atomic E-state index is 0.101. The van der Waals surface area contributed by atoms with Crippen LogP contribution in [-0.4, -0.2) is 64.1 Å². The highest BCUT2D eigenvalue weighted by atomic mass is 16.6. The van der Waals surface area contributed by atoms with Crippen LogP contribution in [0.3, 0.4) is 0 Å². The fraction of sp³-hybridized carbons (Fsp3) is 0.500. The number of nitrogens with zero attached hydrogens (tertiary/aromatic N) is 3. The third-order valence-corrected chi connectivity index (χ3v) is 6.12. The van der Waals surface area contributed by atoms with Gasteiger partial charge in [-0.25, -0.2) is 4.68 Å². The zero-order valence-electron chi connectivity index (χ0n) is 18.1. The van der Waals surface area contributed by atoms with E-state index in [2.05, 4.69) is 5.32 Å². The van der Waals surface area contributed by atoms with Gasteiger partial charge in [0.25, 0.3) is 5.56 Å². The van der Waals surface area contributed by atoms with E-state index in [1.165, 1.54) is 9.58 Å².